The summed E-state index contributed by atoms with van der Waals surface area (Å²) < 4.78 is 0. The first-order chi connectivity index (χ1) is 8.63. The molecule has 1 fully saturated rings. The molecule has 3 heteroatoms. The highest BCUT2D eigenvalue weighted by Crippen LogP contribution is 2.32. The zero-order valence-corrected chi connectivity index (χ0v) is 11.7. The van der Waals surface area contributed by atoms with Crippen molar-refractivity contribution in [3.05, 3.63) is 30.1 Å². The van der Waals surface area contributed by atoms with Crippen LogP contribution in [-0.2, 0) is 0 Å². The molecule has 2 rings (SSSR count). The molecule has 0 spiro atoms. The van der Waals surface area contributed by atoms with Crippen LogP contribution in [0.5, 0.6) is 0 Å². The monoisotopic (exact) mass is 247 g/mol. The molecule has 4 atom stereocenters. The molecule has 2 heterocycles. The van der Waals surface area contributed by atoms with E-state index in [2.05, 4.69) is 36.7 Å². The summed E-state index contributed by atoms with van der Waals surface area (Å²) in [5, 5.41) is 0. The fourth-order valence-corrected chi connectivity index (χ4v) is 3.17. The lowest BCUT2D eigenvalue weighted by Crippen LogP contribution is -2.49. The second-order valence-electron chi connectivity index (χ2n) is 5.76. The lowest BCUT2D eigenvalue weighted by molar-refractivity contribution is 0.0409. The second-order valence-corrected chi connectivity index (χ2v) is 5.76. The van der Waals surface area contributed by atoms with Crippen LogP contribution in [0, 0.1) is 11.8 Å². The third-order valence-corrected chi connectivity index (χ3v) is 4.30. The molecule has 1 saturated heterocycles. The summed E-state index contributed by atoms with van der Waals surface area (Å²) in [5.41, 5.74) is 7.11. The Kier molecular flexibility index (Phi) is 4.36. The molecule has 0 radical (unpaired) electrons. The minimum absolute atomic E-state index is 0.256. The third kappa shape index (κ3) is 2.73. The predicted molar refractivity (Wildman–Crippen MR) is 75.1 cm³/mol. The summed E-state index contributed by atoms with van der Waals surface area (Å²) in [4.78, 5) is 7.03. The number of nitrogens with zero attached hydrogens (tertiary/aromatic N) is 2. The van der Waals surface area contributed by atoms with Gasteiger partial charge in [-0.25, -0.2) is 0 Å². The molecule has 2 N–H and O–H groups in total. The lowest BCUT2D eigenvalue weighted by Gasteiger charge is -2.44. The Labute approximate surface area is 110 Å². The summed E-state index contributed by atoms with van der Waals surface area (Å²) >= 11 is 0. The SMILES string of the molecule is CC1CC(C)C(C)N(C(CN)c2ccccn2)C1. The van der Waals surface area contributed by atoms with E-state index in [1.807, 2.05) is 18.3 Å². The van der Waals surface area contributed by atoms with E-state index in [1.165, 1.54) is 6.42 Å². The molecule has 0 bridgehead atoms. The van der Waals surface area contributed by atoms with Crippen molar-refractivity contribution in [1.29, 1.82) is 0 Å². The van der Waals surface area contributed by atoms with Gasteiger partial charge in [0.15, 0.2) is 0 Å². The molecule has 1 aliphatic rings. The normalized spacial score (nSPS) is 31.2. The van der Waals surface area contributed by atoms with Gasteiger partial charge in [-0.15, -0.1) is 0 Å². The van der Waals surface area contributed by atoms with E-state index in [0.717, 1.165) is 24.1 Å². The van der Waals surface area contributed by atoms with Gasteiger partial charge in [-0.05, 0) is 37.3 Å². The van der Waals surface area contributed by atoms with E-state index < -0.39 is 0 Å². The Bertz CT molecular complexity index is 365. The number of hydrogen-bond donors (Lipinski definition) is 1. The van der Waals surface area contributed by atoms with Gasteiger partial charge < -0.3 is 5.73 Å². The van der Waals surface area contributed by atoms with Crippen molar-refractivity contribution in [3.63, 3.8) is 0 Å². The summed E-state index contributed by atoms with van der Waals surface area (Å²) in [7, 11) is 0. The summed E-state index contributed by atoms with van der Waals surface area (Å²) in [6.45, 7) is 8.77. The molecule has 1 aromatic heterocycles. The average Bonchev–Trinajstić information content (AvgIpc) is 2.37. The van der Waals surface area contributed by atoms with Crippen molar-refractivity contribution in [2.45, 2.75) is 39.3 Å². The number of hydrogen-bond acceptors (Lipinski definition) is 3. The van der Waals surface area contributed by atoms with Gasteiger partial charge in [-0.3, -0.25) is 9.88 Å². The molecular weight excluding hydrogens is 222 g/mol. The van der Waals surface area contributed by atoms with Gasteiger partial charge in [0.1, 0.15) is 0 Å². The third-order valence-electron chi connectivity index (χ3n) is 4.30. The summed E-state index contributed by atoms with van der Waals surface area (Å²) in [5.74, 6) is 1.47. The predicted octanol–water partition coefficient (Wildman–Crippen LogP) is 2.45. The number of piperidine rings is 1. The molecule has 0 aliphatic carbocycles. The van der Waals surface area contributed by atoms with E-state index >= 15 is 0 Å². The number of nitrogens with two attached hydrogens (primary N) is 1. The van der Waals surface area contributed by atoms with Crippen LogP contribution in [0.4, 0.5) is 0 Å². The molecule has 0 saturated carbocycles. The maximum Gasteiger partial charge on any atom is 0.0647 e. The topological polar surface area (TPSA) is 42.1 Å². The van der Waals surface area contributed by atoms with Gasteiger partial charge in [-0.1, -0.05) is 19.9 Å². The minimum atomic E-state index is 0.256. The highest BCUT2D eigenvalue weighted by molar-refractivity contribution is 5.10. The zero-order chi connectivity index (χ0) is 13.1. The van der Waals surface area contributed by atoms with Crippen LogP contribution in [0.3, 0.4) is 0 Å². The van der Waals surface area contributed by atoms with E-state index in [0.29, 0.717) is 12.6 Å². The van der Waals surface area contributed by atoms with Gasteiger partial charge in [-0.2, -0.15) is 0 Å². The van der Waals surface area contributed by atoms with Crippen molar-refractivity contribution in [1.82, 2.24) is 9.88 Å². The maximum absolute atomic E-state index is 6.01. The largest absolute Gasteiger partial charge is 0.329 e. The van der Waals surface area contributed by atoms with Crippen molar-refractivity contribution in [2.24, 2.45) is 17.6 Å². The van der Waals surface area contributed by atoms with Gasteiger partial charge >= 0.3 is 0 Å². The number of likely N-dealkylation sites (tertiary alicyclic amines) is 1. The van der Waals surface area contributed by atoms with E-state index in [4.69, 9.17) is 5.73 Å². The second kappa shape index (κ2) is 5.81. The smallest absolute Gasteiger partial charge is 0.0647 e. The zero-order valence-electron chi connectivity index (χ0n) is 11.7. The highest BCUT2D eigenvalue weighted by Gasteiger charge is 2.33. The number of rotatable bonds is 3. The Morgan fingerprint density at radius 1 is 1.39 bits per heavy atom. The fourth-order valence-electron chi connectivity index (χ4n) is 3.17. The van der Waals surface area contributed by atoms with Gasteiger partial charge in [0.2, 0.25) is 0 Å². The van der Waals surface area contributed by atoms with Crippen LogP contribution in [-0.4, -0.2) is 29.0 Å². The van der Waals surface area contributed by atoms with Crippen molar-refractivity contribution in [2.75, 3.05) is 13.1 Å². The first-order valence-corrected chi connectivity index (χ1v) is 7.00. The van der Waals surface area contributed by atoms with Gasteiger partial charge in [0, 0.05) is 25.3 Å². The molecule has 3 nitrogen and oxygen atoms in total. The van der Waals surface area contributed by atoms with Crippen LogP contribution in [0.1, 0.15) is 38.9 Å². The molecule has 18 heavy (non-hydrogen) atoms. The lowest BCUT2D eigenvalue weighted by atomic mass is 9.84. The van der Waals surface area contributed by atoms with Crippen LogP contribution < -0.4 is 5.73 Å². The molecule has 100 valence electrons. The Balaban J connectivity index is 2.21. The van der Waals surface area contributed by atoms with E-state index in [1.54, 1.807) is 0 Å². The molecule has 1 aromatic rings. The Hall–Kier alpha value is -0.930. The highest BCUT2D eigenvalue weighted by atomic mass is 15.2. The average molecular weight is 247 g/mol. The molecule has 1 aliphatic heterocycles. The Morgan fingerprint density at radius 3 is 2.78 bits per heavy atom. The first kappa shape index (κ1) is 13.5. The summed E-state index contributed by atoms with van der Waals surface area (Å²) in [6, 6.07) is 6.94. The first-order valence-electron chi connectivity index (χ1n) is 7.00. The fraction of sp³-hybridized carbons (Fsp3) is 0.667. The Morgan fingerprint density at radius 2 is 2.17 bits per heavy atom. The van der Waals surface area contributed by atoms with Crippen LogP contribution >= 0.6 is 0 Å². The van der Waals surface area contributed by atoms with Gasteiger partial charge in [0.05, 0.1) is 11.7 Å². The molecule has 0 amide bonds. The van der Waals surface area contributed by atoms with E-state index in [9.17, 15) is 0 Å². The molecule has 0 aromatic carbocycles. The van der Waals surface area contributed by atoms with E-state index in [-0.39, 0.29) is 6.04 Å². The standard InChI is InChI=1S/C15H25N3/c1-11-8-12(2)13(3)18(10-11)15(9-16)14-6-4-5-7-17-14/h4-7,11-13,15H,8-10,16H2,1-3H3. The molecular formula is C15H25N3. The van der Waals surface area contributed by atoms with Crippen molar-refractivity contribution < 1.29 is 0 Å². The van der Waals surface area contributed by atoms with Crippen molar-refractivity contribution in [3.8, 4) is 0 Å². The molecule has 4 unspecified atom stereocenters. The quantitative estimate of drug-likeness (QED) is 0.892. The number of aromatic nitrogens is 1. The van der Waals surface area contributed by atoms with Crippen molar-refractivity contribution >= 4 is 0 Å². The number of pyridine rings is 1. The minimum Gasteiger partial charge on any atom is -0.329 e. The van der Waals surface area contributed by atoms with Crippen LogP contribution in [0.2, 0.25) is 0 Å². The summed E-state index contributed by atoms with van der Waals surface area (Å²) in [6.07, 6.45) is 3.18. The van der Waals surface area contributed by atoms with Gasteiger partial charge in [0.25, 0.3) is 0 Å². The van der Waals surface area contributed by atoms with Crippen LogP contribution in [0.15, 0.2) is 24.4 Å². The van der Waals surface area contributed by atoms with Crippen LogP contribution in [0.25, 0.3) is 0 Å². The maximum atomic E-state index is 6.01.